The highest BCUT2D eigenvalue weighted by Gasteiger charge is 2.58. The fourth-order valence-corrected chi connectivity index (χ4v) is 2.53. The molecule has 2 rings (SSSR count). The monoisotopic (exact) mass is 310 g/mol. The van der Waals surface area contributed by atoms with Crippen LogP contribution >= 0.6 is 0 Å². The van der Waals surface area contributed by atoms with Gasteiger partial charge >= 0.3 is 6.18 Å². The van der Waals surface area contributed by atoms with E-state index >= 15 is 0 Å². The van der Waals surface area contributed by atoms with E-state index < -0.39 is 11.8 Å². The molecule has 0 radical (unpaired) electrons. The van der Waals surface area contributed by atoms with Crippen LogP contribution in [-0.2, 0) is 5.60 Å². The van der Waals surface area contributed by atoms with Gasteiger partial charge in [-0.2, -0.15) is 13.2 Å². The SMILES string of the molecule is COc1ccc(C)cc1C(O)(c1ccccc1C)C(F)(F)F. The maximum absolute atomic E-state index is 13.8. The molecule has 0 amide bonds. The van der Waals surface area contributed by atoms with Crippen LogP contribution < -0.4 is 4.74 Å². The summed E-state index contributed by atoms with van der Waals surface area (Å²) >= 11 is 0. The lowest BCUT2D eigenvalue weighted by Gasteiger charge is -2.33. The molecule has 1 atom stereocenters. The van der Waals surface area contributed by atoms with Crippen molar-refractivity contribution in [2.24, 2.45) is 0 Å². The van der Waals surface area contributed by atoms with Crippen molar-refractivity contribution in [1.29, 1.82) is 0 Å². The molecule has 1 unspecified atom stereocenters. The molecule has 0 saturated heterocycles. The zero-order valence-corrected chi connectivity index (χ0v) is 12.5. The van der Waals surface area contributed by atoms with E-state index in [0.717, 1.165) is 0 Å². The van der Waals surface area contributed by atoms with Crippen LogP contribution in [0, 0.1) is 13.8 Å². The zero-order chi connectivity index (χ0) is 16.5. The predicted molar refractivity (Wildman–Crippen MR) is 78.0 cm³/mol. The topological polar surface area (TPSA) is 29.5 Å². The second kappa shape index (κ2) is 5.65. The van der Waals surface area contributed by atoms with Crippen molar-refractivity contribution in [3.63, 3.8) is 0 Å². The van der Waals surface area contributed by atoms with Crippen molar-refractivity contribution in [3.8, 4) is 5.75 Å². The van der Waals surface area contributed by atoms with Crippen molar-refractivity contribution in [2.45, 2.75) is 25.6 Å². The fourth-order valence-electron chi connectivity index (χ4n) is 2.53. The molecule has 0 aliphatic carbocycles. The smallest absolute Gasteiger partial charge is 0.425 e. The van der Waals surface area contributed by atoms with Crippen molar-refractivity contribution < 1.29 is 23.0 Å². The number of aryl methyl sites for hydroxylation is 2. The Hall–Kier alpha value is -2.01. The van der Waals surface area contributed by atoms with E-state index in [1.807, 2.05) is 0 Å². The highest BCUT2D eigenvalue weighted by Crippen LogP contribution is 2.48. The maximum atomic E-state index is 13.8. The second-order valence-corrected chi connectivity index (χ2v) is 5.23. The number of alkyl halides is 3. The third kappa shape index (κ3) is 2.57. The van der Waals surface area contributed by atoms with Gasteiger partial charge in [-0.05, 0) is 31.5 Å². The van der Waals surface area contributed by atoms with Gasteiger partial charge in [0.1, 0.15) is 5.75 Å². The Bertz CT molecular complexity index is 680. The van der Waals surface area contributed by atoms with Crippen LogP contribution in [0.3, 0.4) is 0 Å². The number of hydrogen-bond acceptors (Lipinski definition) is 2. The van der Waals surface area contributed by atoms with Crippen LogP contribution in [0.1, 0.15) is 22.3 Å². The normalized spacial score (nSPS) is 14.5. The Morgan fingerprint density at radius 2 is 1.59 bits per heavy atom. The van der Waals surface area contributed by atoms with E-state index in [9.17, 15) is 18.3 Å². The summed E-state index contributed by atoms with van der Waals surface area (Å²) in [6.45, 7) is 3.20. The number of benzene rings is 2. The number of ether oxygens (including phenoxy) is 1. The number of rotatable bonds is 3. The van der Waals surface area contributed by atoms with Crippen molar-refractivity contribution in [2.75, 3.05) is 7.11 Å². The Kier molecular flexibility index (Phi) is 4.20. The lowest BCUT2D eigenvalue weighted by atomic mass is 9.82. The second-order valence-electron chi connectivity index (χ2n) is 5.23. The zero-order valence-electron chi connectivity index (χ0n) is 12.5. The molecule has 2 nitrogen and oxygen atoms in total. The van der Waals surface area contributed by atoms with Crippen molar-refractivity contribution >= 4 is 0 Å². The molecule has 0 spiro atoms. The van der Waals surface area contributed by atoms with Gasteiger partial charge in [-0.15, -0.1) is 0 Å². The molecule has 2 aromatic carbocycles. The van der Waals surface area contributed by atoms with Crippen LogP contribution in [0.15, 0.2) is 42.5 Å². The summed E-state index contributed by atoms with van der Waals surface area (Å²) in [4.78, 5) is 0. The molecule has 2 aromatic rings. The summed E-state index contributed by atoms with van der Waals surface area (Å²) in [5.74, 6) is -0.00585. The van der Waals surface area contributed by atoms with E-state index in [4.69, 9.17) is 4.74 Å². The minimum atomic E-state index is -4.89. The molecule has 0 bridgehead atoms. The molecule has 0 fully saturated rings. The Morgan fingerprint density at radius 3 is 2.14 bits per heavy atom. The van der Waals surface area contributed by atoms with Gasteiger partial charge in [-0.25, -0.2) is 0 Å². The maximum Gasteiger partial charge on any atom is 0.425 e. The molecule has 5 heteroatoms. The average molecular weight is 310 g/mol. The standard InChI is InChI=1S/C17H17F3O2/c1-11-8-9-15(22-3)14(10-11)16(21,17(18,19)20)13-7-5-4-6-12(13)2/h4-10,21H,1-3H3. The van der Waals surface area contributed by atoms with E-state index in [-0.39, 0.29) is 16.9 Å². The molecule has 0 heterocycles. The highest BCUT2D eigenvalue weighted by atomic mass is 19.4. The minimum absolute atomic E-state index is 0.00585. The average Bonchev–Trinajstić information content (AvgIpc) is 2.45. The third-order valence-corrected chi connectivity index (χ3v) is 3.69. The number of methoxy groups -OCH3 is 1. The molecule has 0 aliphatic heterocycles. The Balaban J connectivity index is 2.83. The molecular weight excluding hydrogens is 293 g/mol. The van der Waals surface area contributed by atoms with Crippen molar-refractivity contribution in [3.05, 3.63) is 64.7 Å². The first-order valence-corrected chi connectivity index (χ1v) is 6.72. The third-order valence-electron chi connectivity index (χ3n) is 3.69. The van der Waals surface area contributed by atoms with Gasteiger partial charge in [0, 0.05) is 11.1 Å². The van der Waals surface area contributed by atoms with Gasteiger partial charge in [0.15, 0.2) is 0 Å². The largest absolute Gasteiger partial charge is 0.496 e. The van der Waals surface area contributed by atoms with E-state index in [0.29, 0.717) is 11.1 Å². The summed E-state index contributed by atoms with van der Waals surface area (Å²) < 4.78 is 46.4. The van der Waals surface area contributed by atoms with Gasteiger partial charge in [0.25, 0.3) is 0 Å². The molecule has 0 aliphatic rings. The molecule has 1 N–H and O–H groups in total. The first kappa shape index (κ1) is 16.4. The van der Waals surface area contributed by atoms with Gasteiger partial charge in [0.2, 0.25) is 5.60 Å². The van der Waals surface area contributed by atoms with Gasteiger partial charge in [-0.1, -0.05) is 35.9 Å². The van der Waals surface area contributed by atoms with Gasteiger partial charge < -0.3 is 9.84 Å². The fraction of sp³-hybridized carbons (Fsp3) is 0.294. The molecule has 0 aromatic heterocycles. The summed E-state index contributed by atoms with van der Waals surface area (Å²) in [5, 5.41) is 10.7. The van der Waals surface area contributed by atoms with Crippen LogP contribution in [0.2, 0.25) is 0 Å². The summed E-state index contributed by atoms with van der Waals surface area (Å²) in [6, 6.07) is 10.3. The summed E-state index contributed by atoms with van der Waals surface area (Å²) in [6.07, 6.45) is -4.89. The minimum Gasteiger partial charge on any atom is -0.496 e. The van der Waals surface area contributed by atoms with E-state index in [1.54, 1.807) is 19.1 Å². The highest BCUT2D eigenvalue weighted by molar-refractivity contribution is 5.49. The molecule has 118 valence electrons. The van der Waals surface area contributed by atoms with Gasteiger partial charge in [-0.3, -0.25) is 0 Å². The predicted octanol–water partition coefficient (Wildman–Crippen LogP) is 4.11. The Morgan fingerprint density at radius 1 is 0.955 bits per heavy atom. The van der Waals surface area contributed by atoms with Crippen LogP contribution in [-0.4, -0.2) is 18.4 Å². The lowest BCUT2D eigenvalue weighted by molar-refractivity contribution is -0.249. The molecule has 0 saturated carbocycles. The number of aliphatic hydroxyl groups is 1. The summed E-state index contributed by atoms with van der Waals surface area (Å²) in [5.41, 5.74) is -2.68. The molecular formula is C17H17F3O2. The van der Waals surface area contributed by atoms with Gasteiger partial charge in [0.05, 0.1) is 7.11 Å². The van der Waals surface area contributed by atoms with E-state index in [1.165, 1.54) is 44.4 Å². The van der Waals surface area contributed by atoms with Crippen molar-refractivity contribution in [1.82, 2.24) is 0 Å². The summed E-state index contributed by atoms with van der Waals surface area (Å²) in [7, 11) is 1.28. The lowest BCUT2D eigenvalue weighted by Crippen LogP contribution is -2.44. The van der Waals surface area contributed by atoms with E-state index in [2.05, 4.69) is 0 Å². The van der Waals surface area contributed by atoms with Crippen LogP contribution in [0.5, 0.6) is 5.75 Å². The quantitative estimate of drug-likeness (QED) is 0.924. The van der Waals surface area contributed by atoms with Crippen LogP contribution in [0.4, 0.5) is 13.2 Å². The first-order chi connectivity index (χ1) is 10.2. The van der Waals surface area contributed by atoms with Crippen LogP contribution in [0.25, 0.3) is 0 Å². The first-order valence-electron chi connectivity index (χ1n) is 6.72. The number of halogens is 3. The Labute approximate surface area is 127 Å². The molecule has 22 heavy (non-hydrogen) atoms. The number of hydrogen-bond donors (Lipinski definition) is 1.